The zero-order valence-corrected chi connectivity index (χ0v) is 14.5. The van der Waals surface area contributed by atoms with Crippen molar-refractivity contribution >= 4 is 15.9 Å². The normalized spacial score (nSPS) is 22.8. The maximum atomic E-state index is 14.0. The van der Waals surface area contributed by atoms with E-state index in [-0.39, 0.29) is 12.5 Å². The van der Waals surface area contributed by atoms with Gasteiger partial charge in [-0.05, 0) is 25.0 Å². The maximum Gasteiger partial charge on any atom is 0.249 e. The predicted molar refractivity (Wildman–Crippen MR) is 85.3 cm³/mol. The van der Waals surface area contributed by atoms with E-state index < -0.39 is 32.6 Å². The lowest BCUT2D eigenvalue weighted by atomic mass is 10.0. The smallest absolute Gasteiger partial charge is 0.249 e. The molecule has 0 spiro atoms. The summed E-state index contributed by atoms with van der Waals surface area (Å²) in [6.07, 6.45) is 1.57. The van der Waals surface area contributed by atoms with Crippen LogP contribution in [0, 0.1) is 11.6 Å². The zero-order chi connectivity index (χ0) is 18.0. The van der Waals surface area contributed by atoms with Crippen molar-refractivity contribution in [2.75, 3.05) is 32.8 Å². The van der Waals surface area contributed by atoms with Gasteiger partial charge < -0.3 is 9.64 Å². The molecule has 1 aromatic carbocycles. The number of rotatable bonds is 3. The Balaban J connectivity index is 1.93. The number of hydrogen-bond acceptors (Lipinski definition) is 4. The zero-order valence-electron chi connectivity index (χ0n) is 13.7. The molecule has 0 aliphatic carbocycles. The van der Waals surface area contributed by atoms with Gasteiger partial charge in [0.15, 0.2) is 4.90 Å². The largest absolute Gasteiger partial charge is 0.378 e. The van der Waals surface area contributed by atoms with Gasteiger partial charge in [-0.2, -0.15) is 4.31 Å². The number of morpholine rings is 1. The number of benzene rings is 1. The molecule has 0 bridgehead atoms. The van der Waals surface area contributed by atoms with Gasteiger partial charge in [0.25, 0.3) is 0 Å². The highest BCUT2D eigenvalue weighted by atomic mass is 32.2. The Hall–Kier alpha value is -1.58. The Morgan fingerprint density at radius 3 is 2.36 bits per heavy atom. The van der Waals surface area contributed by atoms with Crippen LogP contribution in [-0.2, 0) is 19.6 Å². The van der Waals surface area contributed by atoms with Crippen molar-refractivity contribution in [2.24, 2.45) is 0 Å². The molecule has 9 heteroatoms. The van der Waals surface area contributed by atoms with Gasteiger partial charge in [-0.1, -0.05) is 12.5 Å². The van der Waals surface area contributed by atoms with E-state index in [0.29, 0.717) is 45.6 Å². The molecule has 1 aromatic rings. The van der Waals surface area contributed by atoms with Crippen molar-refractivity contribution in [3.63, 3.8) is 0 Å². The number of amides is 1. The Labute approximate surface area is 145 Å². The molecule has 0 N–H and O–H groups in total. The van der Waals surface area contributed by atoms with Crippen molar-refractivity contribution < 1.29 is 26.7 Å². The van der Waals surface area contributed by atoms with E-state index >= 15 is 0 Å². The molecule has 0 radical (unpaired) electrons. The third kappa shape index (κ3) is 3.54. The highest BCUT2D eigenvalue weighted by Gasteiger charge is 2.41. The molecule has 2 heterocycles. The molecule has 2 fully saturated rings. The second-order valence-electron chi connectivity index (χ2n) is 6.12. The molecule has 138 valence electrons. The van der Waals surface area contributed by atoms with Crippen molar-refractivity contribution in [2.45, 2.75) is 30.2 Å². The lowest BCUT2D eigenvalue weighted by molar-refractivity contribution is -0.140. The molecule has 6 nitrogen and oxygen atoms in total. The molecule has 3 rings (SSSR count). The molecule has 1 amide bonds. The van der Waals surface area contributed by atoms with E-state index in [4.69, 9.17) is 4.74 Å². The molecule has 1 unspecified atom stereocenters. The first kappa shape index (κ1) is 18.2. The highest BCUT2D eigenvalue weighted by Crippen LogP contribution is 2.29. The number of hydrogen-bond donors (Lipinski definition) is 0. The number of carbonyl (C=O) groups is 1. The van der Waals surface area contributed by atoms with E-state index in [1.54, 1.807) is 4.90 Å². The number of halogens is 2. The second kappa shape index (κ2) is 7.35. The van der Waals surface area contributed by atoms with Gasteiger partial charge in [-0.3, -0.25) is 4.79 Å². The third-order valence-electron chi connectivity index (χ3n) is 4.55. The van der Waals surface area contributed by atoms with Crippen LogP contribution in [-0.4, -0.2) is 62.4 Å². The molecule has 2 saturated heterocycles. The summed E-state index contributed by atoms with van der Waals surface area (Å²) in [7, 11) is -4.45. The Bertz CT molecular complexity index is 730. The van der Waals surface area contributed by atoms with Crippen molar-refractivity contribution in [3.8, 4) is 0 Å². The first-order chi connectivity index (χ1) is 11.9. The van der Waals surface area contributed by atoms with Crippen LogP contribution in [0.25, 0.3) is 0 Å². The second-order valence-corrected chi connectivity index (χ2v) is 7.94. The van der Waals surface area contributed by atoms with Gasteiger partial charge in [-0.25, -0.2) is 17.2 Å². The van der Waals surface area contributed by atoms with Crippen LogP contribution in [0.1, 0.15) is 19.3 Å². The molecule has 25 heavy (non-hydrogen) atoms. The van der Waals surface area contributed by atoms with Crippen LogP contribution in [0.5, 0.6) is 0 Å². The number of sulfonamides is 1. The van der Waals surface area contributed by atoms with E-state index in [2.05, 4.69) is 0 Å². The van der Waals surface area contributed by atoms with Gasteiger partial charge in [0.2, 0.25) is 15.9 Å². The fraction of sp³-hybridized carbons (Fsp3) is 0.562. The van der Waals surface area contributed by atoms with E-state index in [1.807, 2.05) is 0 Å². The summed E-state index contributed by atoms with van der Waals surface area (Å²) < 4.78 is 60.0. The Kier molecular flexibility index (Phi) is 5.35. The number of carbonyl (C=O) groups excluding carboxylic acids is 1. The maximum absolute atomic E-state index is 14.0. The predicted octanol–water partition coefficient (Wildman–Crippen LogP) is 1.37. The lowest BCUT2D eigenvalue weighted by Crippen LogP contribution is -2.55. The van der Waals surface area contributed by atoms with Crippen LogP contribution in [0.15, 0.2) is 23.1 Å². The molecule has 2 aliphatic heterocycles. The van der Waals surface area contributed by atoms with Gasteiger partial charge in [-0.15, -0.1) is 0 Å². The summed E-state index contributed by atoms with van der Waals surface area (Å²) in [4.78, 5) is 13.4. The number of piperidine rings is 1. The van der Waals surface area contributed by atoms with Crippen molar-refractivity contribution in [3.05, 3.63) is 29.8 Å². The highest BCUT2D eigenvalue weighted by molar-refractivity contribution is 7.89. The van der Waals surface area contributed by atoms with Gasteiger partial charge >= 0.3 is 0 Å². The van der Waals surface area contributed by atoms with Gasteiger partial charge in [0.05, 0.1) is 13.2 Å². The van der Waals surface area contributed by atoms with Crippen LogP contribution in [0.2, 0.25) is 0 Å². The molecule has 1 atom stereocenters. The summed E-state index contributed by atoms with van der Waals surface area (Å²) in [6.45, 7) is 1.63. The number of ether oxygens (including phenoxy) is 1. The summed E-state index contributed by atoms with van der Waals surface area (Å²) in [6, 6.07) is 1.98. The summed E-state index contributed by atoms with van der Waals surface area (Å²) in [5.41, 5.74) is 0. The van der Waals surface area contributed by atoms with E-state index in [1.165, 1.54) is 0 Å². The average Bonchev–Trinajstić information content (AvgIpc) is 2.61. The van der Waals surface area contributed by atoms with Crippen LogP contribution in [0.3, 0.4) is 0 Å². The SMILES string of the molecule is O=C(C1CCCCN1S(=O)(=O)c1c(F)cccc1F)N1CCOCC1. The Morgan fingerprint density at radius 1 is 1.08 bits per heavy atom. The Morgan fingerprint density at radius 2 is 1.72 bits per heavy atom. The molecular formula is C16H20F2N2O4S. The third-order valence-corrected chi connectivity index (χ3v) is 6.51. The van der Waals surface area contributed by atoms with Crippen molar-refractivity contribution in [1.82, 2.24) is 9.21 Å². The lowest BCUT2D eigenvalue weighted by Gasteiger charge is -2.37. The first-order valence-corrected chi connectivity index (χ1v) is 9.69. The minimum absolute atomic E-state index is 0.0663. The monoisotopic (exact) mass is 374 g/mol. The van der Waals surface area contributed by atoms with Crippen LogP contribution >= 0.6 is 0 Å². The molecule has 2 aliphatic rings. The minimum Gasteiger partial charge on any atom is -0.378 e. The fourth-order valence-electron chi connectivity index (χ4n) is 3.28. The van der Waals surface area contributed by atoms with Gasteiger partial charge in [0.1, 0.15) is 17.7 Å². The first-order valence-electron chi connectivity index (χ1n) is 8.25. The van der Waals surface area contributed by atoms with Crippen LogP contribution < -0.4 is 0 Å². The van der Waals surface area contributed by atoms with Crippen molar-refractivity contribution in [1.29, 1.82) is 0 Å². The van der Waals surface area contributed by atoms with E-state index in [0.717, 1.165) is 22.5 Å². The number of nitrogens with zero attached hydrogens (tertiary/aromatic N) is 2. The average molecular weight is 374 g/mol. The minimum atomic E-state index is -4.45. The fourth-order valence-corrected chi connectivity index (χ4v) is 5.04. The molecular weight excluding hydrogens is 354 g/mol. The molecule has 0 saturated carbocycles. The summed E-state index contributed by atoms with van der Waals surface area (Å²) in [5, 5.41) is 0. The van der Waals surface area contributed by atoms with E-state index in [9.17, 15) is 22.0 Å². The summed E-state index contributed by atoms with van der Waals surface area (Å²) >= 11 is 0. The van der Waals surface area contributed by atoms with Gasteiger partial charge in [0, 0.05) is 19.6 Å². The topological polar surface area (TPSA) is 66.9 Å². The summed E-state index contributed by atoms with van der Waals surface area (Å²) in [5.74, 6) is -2.63. The molecule has 0 aromatic heterocycles. The van der Waals surface area contributed by atoms with Crippen LogP contribution in [0.4, 0.5) is 8.78 Å². The quantitative estimate of drug-likeness (QED) is 0.802. The standard InChI is InChI=1S/C16H20F2N2O4S/c17-12-4-3-5-13(18)15(12)25(22,23)20-7-2-1-6-14(20)16(21)19-8-10-24-11-9-19/h3-5,14H,1-2,6-11H2.